The summed E-state index contributed by atoms with van der Waals surface area (Å²) in [5.74, 6) is 0. The van der Waals surface area contributed by atoms with Crippen molar-refractivity contribution in [2.75, 3.05) is 76.6 Å². The number of benzene rings is 6. The minimum absolute atomic E-state index is 0.517. The van der Waals surface area contributed by atoms with E-state index in [4.69, 9.17) is 24.2 Å². The largest absolute Gasteiger partial charge is 0.379 e. The first-order valence-corrected chi connectivity index (χ1v) is 25.3. The molecular formula is C58H56N6O3S2. The van der Waals surface area contributed by atoms with Gasteiger partial charge in [-0.15, -0.1) is 0 Å². The molecular weight excluding hydrogens is 893 g/mol. The first-order chi connectivity index (χ1) is 34.1. The maximum Gasteiger partial charge on any atom is 0.133 e. The zero-order valence-corrected chi connectivity index (χ0v) is 40.7. The van der Waals surface area contributed by atoms with Gasteiger partial charge in [-0.3, -0.25) is 19.1 Å². The van der Waals surface area contributed by atoms with Crippen LogP contribution in [0.1, 0.15) is 24.0 Å². The van der Waals surface area contributed by atoms with E-state index in [0.717, 1.165) is 57.4 Å². The summed E-state index contributed by atoms with van der Waals surface area (Å²) >= 11 is 3.61. The standard InChI is InChI=1S/C58H56N6O3S2/c1-61-51-27-13-15-29-53(51)68-57(61)41-43-39-55(63(45-19-5-3-6-20-45)49-25-11-9-23-47(43)49)59-31-17-33-65-35-37-67-38-36-66-34-18-32-60-56-40-44(42-58-62(2)52-28-14-16-30-54(52)69-58)48-24-10-12-26-50(48)64(56)46-21-7-4-8-22-46/h3-16,19-30,39-42H,17-18,31-38H2,1-2H3. The molecule has 0 amide bonds. The van der Waals surface area contributed by atoms with Gasteiger partial charge in [-0.05, 0) is 109 Å². The van der Waals surface area contributed by atoms with Gasteiger partial charge in [-0.2, -0.15) is 0 Å². The van der Waals surface area contributed by atoms with Crippen LogP contribution in [-0.2, 0) is 14.2 Å². The van der Waals surface area contributed by atoms with E-state index in [2.05, 4.69) is 215 Å². The van der Waals surface area contributed by atoms with E-state index in [1.54, 1.807) is 23.5 Å². The van der Waals surface area contributed by atoms with Crippen LogP contribution in [0.2, 0.25) is 0 Å². The molecule has 0 N–H and O–H groups in total. The molecule has 2 aliphatic rings. The lowest BCUT2D eigenvalue weighted by Crippen LogP contribution is -2.21. The van der Waals surface area contributed by atoms with Crippen LogP contribution < -0.4 is 20.8 Å². The minimum Gasteiger partial charge on any atom is -0.379 e. The maximum atomic E-state index is 5.98. The molecule has 69 heavy (non-hydrogen) atoms. The Balaban J connectivity index is 0.712. The van der Waals surface area contributed by atoms with Crippen molar-refractivity contribution in [3.63, 3.8) is 0 Å². The SMILES string of the molecule is CN1C(=Cc2cc(=NCCCOCCOCCOCCCN=c3cc(C=C4Sc5ccccc5N4C)c4ccccc4n3-c3ccccc3)n(-c3ccccc3)c3ccccc23)Sc2ccccc21. The number of thioether (sulfide) groups is 2. The van der Waals surface area contributed by atoms with Gasteiger partial charge in [0.05, 0.1) is 58.9 Å². The predicted molar refractivity (Wildman–Crippen MR) is 286 cm³/mol. The third-order valence-electron chi connectivity index (χ3n) is 12.3. The molecule has 0 bridgehead atoms. The smallest absolute Gasteiger partial charge is 0.133 e. The molecule has 0 saturated heterocycles. The molecule has 9 nitrogen and oxygen atoms in total. The zero-order chi connectivity index (χ0) is 46.8. The quantitative estimate of drug-likeness (QED) is 0.0794. The number of aromatic nitrogens is 2. The lowest BCUT2D eigenvalue weighted by molar-refractivity contribution is 0.0143. The number of hydrogen-bond acceptors (Lipinski definition) is 9. The van der Waals surface area contributed by atoms with Crippen molar-refractivity contribution in [2.24, 2.45) is 9.98 Å². The summed E-state index contributed by atoms with van der Waals surface area (Å²) in [6.45, 7) is 4.57. The number of ether oxygens (including phenoxy) is 3. The molecule has 0 saturated carbocycles. The number of para-hydroxylation sites is 6. The Morgan fingerprint density at radius 1 is 0.435 bits per heavy atom. The third-order valence-corrected chi connectivity index (χ3v) is 14.6. The lowest BCUT2D eigenvalue weighted by atomic mass is 10.1. The maximum absolute atomic E-state index is 5.98. The van der Waals surface area contributed by atoms with Gasteiger partial charge in [0, 0.05) is 72.3 Å². The Hall–Kier alpha value is -6.60. The van der Waals surface area contributed by atoms with Gasteiger partial charge in [-0.25, -0.2) is 0 Å². The Bertz CT molecular complexity index is 3060. The van der Waals surface area contributed by atoms with E-state index in [9.17, 15) is 0 Å². The van der Waals surface area contributed by atoms with Crippen molar-refractivity contribution in [3.8, 4) is 11.4 Å². The van der Waals surface area contributed by atoms with Gasteiger partial charge in [0.2, 0.25) is 0 Å². The molecule has 0 atom stereocenters. The van der Waals surface area contributed by atoms with Crippen LogP contribution >= 0.6 is 23.5 Å². The number of hydrogen-bond donors (Lipinski definition) is 0. The molecule has 10 rings (SSSR count). The highest BCUT2D eigenvalue weighted by Crippen LogP contribution is 2.47. The summed E-state index contributed by atoms with van der Waals surface area (Å²) in [4.78, 5) is 17.4. The van der Waals surface area contributed by atoms with Crippen LogP contribution in [0.25, 0.3) is 45.3 Å². The Morgan fingerprint density at radius 2 is 0.812 bits per heavy atom. The average molecular weight is 949 g/mol. The van der Waals surface area contributed by atoms with Crippen molar-refractivity contribution in [3.05, 3.63) is 202 Å². The van der Waals surface area contributed by atoms with Gasteiger partial charge in [0.1, 0.15) is 11.0 Å². The highest BCUT2D eigenvalue weighted by Gasteiger charge is 2.23. The topological polar surface area (TPSA) is 68.8 Å². The molecule has 6 aromatic carbocycles. The molecule has 4 heterocycles. The predicted octanol–water partition coefficient (Wildman–Crippen LogP) is 12.0. The fourth-order valence-electron chi connectivity index (χ4n) is 8.83. The fraction of sp³-hybridized carbons (Fsp3) is 0.207. The molecule has 0 spiro atoms. The highest BCUT2D eigenvalue weighted by atomic mass is 32.2. The molecule has 348 valence electrons. The van der Waals surface area contributed by atoms with Gasteiger partial charge >= 0.3 is 0 Å². The second-order valence-corrected chi connectivity index (χ2v) is 18.9. The van der Waals surface area contributed by atoms with Crippen molar-refractivity contribution in [2.45, 2.75) is 22.6 Å². The van der Waals surface area contributed by atoms with E-state index < -0.39 is 0 Å². The Labute approximate surface area is 412 Å². The van der Waals surface area contributed by atoms with E-state index in [1.165, 1.54) is 42.0 Å². The van der Waals surface area contributed by atoms with Gasteiger partial charge in [0.25, 0.3) is 0 Å². The van der Waals surface area contributed by atoms with Gasteiger partial charge in [-0.1, -0.05) is 121 Å². The Morgan fingerprint density at radius 3 is 1.25 bits per heavy atom. The van der Waals surface area contributed by atoms with Crippen LogP contribution in [0, 0.1) is 0 Å². The average Bonchev–Trinajstić information content (AvgIpc) is 3.89. The van der Waals surface area contributed by atoms with Crippen LogP contribution in [0.3, 0.4) is 0 Å². The summed E-state index contributed by atoms with van der Waals surface area (Å²) in [7, 11) is 4.28. The zero-order valence-electron chi connectivity index (χ0n) is 39.1. The lowest BCUT2D eigenvalue weighted by Gasteiger charge is -2.17. The van der Waals surface area contributed by atoms with Gasteiger partial charge in [0.15, 0.2) is 0 Å². The van der Waals surface area contributed by atoms with Crippen molar-refractivity contribution < 1.29 is 14.2 Å². The number of rotatable bonds is 18. The second-order valence-electron chi connectivity index (χ2n) is 16.8. The normalized spacial score (nSPS) is 15.0. The first kappa shape index (κ1) is 46.1. The second kappa shape index (κ2) is 22.2. The third kappa shape index (κ3) is 10.5. The monoisotopic (exact) mass is 948 g/mol. The van der Waals surface area contributed by atoms with Crippen LogP contribution in [-0.4, -0.2) is 76.0 Å². The Kier molecular flexibility index (Phi) is 14.9. The molecule has 0 unspecified atom stereocenters. The van der Waals surface area contributed by atoms with Crippen LogP contribution in [0.5, 0.6) is 0 Å². The molecule has 2 aliphatic heterocycles. The van der Waals surface area contributed by atoms with E-state index in [0.29, 0.717) is 52.7 Å². The summed E-state index contributed by atoms with van der Waals surface area (Å²) < 4.78 is 22.3. The summed E-state index contributed by atoms with van der Waals surface area (Å²) in [5, 5.41) is 4.74. The summed E-state index contributed by atoms with van der Waals surface area (Å²) in [6.07, 6.45) is 6.19. The summed E-state index contributed by atoms with van der Waals surface area (Å²) in [6, 6.07) is 59.7. The fourth-order valence-corrected chi connectivity index (χ4v) is 11.0. The summed E-state index contributed by atoms with van der Waals surface area (Å²) in [5.41, 5.74) is 11.0. The molecule has 2 aromatic heterocycles. The highest BCUT2D eigenvalue weighted by molar-refractivity contribution is 8.04. The number of fused-ring (bicyclic) bond motifs is 4. The van der Waals surface area contributed by atoms with E-state index in [-0.39, 0.29) is 0 Å². The number of pyridine rings is 2. The van der Waals surface area contributed by atoms with Crippen LogP contribution in [0.4, 0.5) is 11.4 Å². The number of anilines is 2. The van der Waals surface area contributed by atoms with E-state index >= 15 is 0 Å². The molecule has 0 aliphatic carbocycles. The molecule has 0 radical (unpaired) electrons. The van der Waals surface area contributed by atoms with Crippen LogP contribution in [0.15, 0.2) is 200 Å². The van der Waals surface area contributed by atoms with Gasteiger partial charge < -0.3 is 24.0 Å². The molecule has 8 aromatic rings. The minimum atomic E-state index is 0.517. The molecule has 0 fully saturated rings. The van der Waals surface area contributed by atoms with Crippen molar-refractivity contribution in [1.82, 2.24) is 9.13 Å². The van der Waals surface area contributed by atoms with E-state index in [1.807, 2.05) is 0 Å². The first-order valence-electron chi connectivity index (χ1n) is 23.7. The molecule has 11 heteroatoms. The number of nitrogens with zero attached hydrogens (tertiary/aromatic N) is 6. The van der Waals surface area contributed by atoms with Crippen molar-refractivity contribution >= 4 is 68.9 Å². The van der Waals surface area contributed by atoms with Crippen molar-refractivity contribution in [1.29, 1.82) is 0 Å².